The van der Waals surface area contributed by atoms with Gasteiger partial charge >= 0.3 is 0 Å². The van der Waals surface area contributed by atoms with E-state index in [4.69, 9.17) is 31.5 Å². The van der Waals surface area contributed by atoms with Gasteiger partial charge in [-0.05, 0) is 226 Å². The molecule has 22 heteroatoms. The summed E-state index contributed by atoms with van der Waals surface area (Å²) in [6.07, 6.45) is 21.1. The Kier molecular flexibility index (Phi) is 29.2. The van der Waals surface area contributed by atoms with Gasteiger partial charge < -0.3 is 31.5 Å². The van der Waals surface area contributed by atoms with Gasteiger partial charge in [0.15, 0.2) is 0 Å². The number of halogens is 4. The van der Waals surface area contributed by atoms with Crippen molar-refractivity contribution < 1.29 is 23.4 Å². The summed E-state index contributed by atoms with van der Waals surface area (Å²) in [5.41, 5.74) is 17.7. The molecule has 0 aliphatic carbocycles. The van der Waals surface area contributed by atoms with Crippen molar-refractivity contribution in [2.75, 3.05) is 52.4 Å². The molecule has 6 N–H and O–H groups in total. The lowest BCUT2D eigenvalue weighted by Crippen LogP contribution is -2.53. The third kappa shape index (κ3) is 24.5. The first-order chi connectivity index (χ1) is 60.0. The summed E-state index contributed by atoms with van der Waals surface area (Å²) in [7, 11) is 0. The number of likely N-dealkylation sites (tertiary alicyclic amines) is 3. The lowest BCUT2D eigenvalue weighted by molar-refractivity contribution is 0.166. The van der Waals surface area contributed by atoms with E-state index >= 15 is 0 Å². The number of rotatable bonds is 28. The zero-order chi connectivity index (χ0) is 84.4. The number of hydrogen-bond donors (Lipinski definition) is 6. The summed E-state index contributed by atoms with van der Waals surface area (Å²) < 4.78 is 40.1. The number of fused-ring (bicyclic) bond motifs is 6. The van der Waals surface area contributed by atoms with Crippen molar-refractivity contribution in [1.29, 1.82) is 0 Å². The van der Waals surface area contributed by atoms with Crippen molar-refractivity contribution in [3.05, 3.63) is 321 Å². The molecule has 0 saturated carbocycles. The fourth-order valence-electron chi connectivity index (χ4n) is 18.7. The number of nitrogens with one attached hydrogen (secondary N) is 4. The van der Waals surface area contributed by atoms with E-state index in [1.54, 1.807) is 36.5 Å². The number of phenolic OH excluding ortho intramolecular Hbond substituents is 2. The molecule has 7 fully saturated rings. The van der Waals surface area contributed by atoms with Crippen molar-refractivity contribution in [3.8, 4) is 56.5 Å². The maximum absolute atomic E-state index is 13.4. The van der Waals surface area contributed by atoms with Gasteiger partial charge in [-0.2, -0.15) is 0 Å². The van der Waals surface area contributed by atoms with Crippen LogP contribution in [-0.4, -0.2) is 170 Å². The third-order valence-electron chi connectivity index (χ3n) is 24.6. The minimum atomic E-state index is -0.539. The van der Waals surface area contributed by atoms with Crippen LogP contribution in [0.5, 0.6) is 11.5 Å². The van der Waals surface area contributed by atoms with Gasteiger partial charge in [-0.1, -0.05) is 115 Å². The first kappa shape index (κ1) is 86.0. The molecule has 0 amide bonds. The summed E-state index contributed by atoms with van der Waals surface area (Å²) in [5, 5.41) is 33.6. The molecule has 8 unspecified atom stereocenters. The molecular formula is C101H112ClF3N16O2. The predicted molar refractivity (Wildman–Crippen MR) is 481 cm³/mol. The minimum absolute atomic E-state index is 0.123. The molecule has 7 aliphatic heterocycles. The largest absolute Gasteiger partial charge is 0.508 e. The monoisotopic (exact) mass is 1670 g/mol. The lowest BCUT2D eigenvalue weighted by atomic mass is 10.1. The molecule has 19 rings (SSSR count). The van der Waals surface area contributed by atoms with E-state index in [-0.39, 0.29) is 11.6 Å². The number of benzene rings is 8. The maximum Gasteiger partial charge on any atom is 0.134 e. The highest BCUT2D eigenvalue weighted by molar-refractivity contribution is 6.32. The van der Waals surface area contributed by atoms with Crippen LogP contribution < -0.4 is 21.3 Å². The van der Waals surface area contributed by atoms with Gasteiger partial charge in [0.05, 0.1) is 27.8 Å². The molecule has 6 bridgehead atoms. The molecule has 18 nitrogen and oxygen atoms in total. The van der Waals surface area contributed by atoms with Crippen LogP contribution in [0.3, 0.4) is 0 Å². The van der Waals surface area contributed by atoms with E-state index in [0.717, 1.165) is 228 Å². The van der Waals surface area contributed by atoms with Gasteiger partial charge in [0.25, 0.3) is 0 Å². The Hall–Kier alpha value is -10.6. The molecule has 7 aliphatic rings. The number of nitrogens with zero attached hydrogens (tertiary/aromatic N) is 12. The van der Waals surface area contributed by atoms with Crippen molar-refractivity contribution >= 4 is 11.6 Å². The van der Waals surface area contributed by atoms with Gasteiger partial charge in [-0.3, -0.25) is 19.6 Å². The van der Waals surface area contributed by atoms with Crippen molar-refractivity contribution in [2.45, 2.75) is 185 Å². The van der Waals surface area contributed by atoms with Crippen molar-refractivity contribution in [2.24, 2.45) is 0 Å². The molecule has 11 heterocycles. The lowest BCUT2D eigenvalue weighted by Gasteiger charge is -2.36. The quantitative estimate of drug-likeness (QED) is 0.0270. The number of aryl methyl sites for hydroxylation is 8. The van der Waals surface area contributed by atoms with E-state index in [0.29, 0.717) is 77.5 Å². The van der Waals surface area contributed by atoms with Crippen LogP contribution in [0.4, 0.5) is 13.2 Å². The van der Waals surface area contributed by atoms with Crippen molar-refractivity contribution in [1.82, 2.24) is 80.7 Å². The SMILES string of the molecule is CC1CN(Cc2cccc(-c3ccnc(CCCc4cc(F)cc(F)c4)n3)c2)CC(C)N1.Fc1cccc(CCCc2nccc(-c3cccc(CN4CC5CC4CN5)c3)n2)c1.Oc1ccc(CCCc2nccc(-c3cccc(CN4CC5CC4CN5)c3)n2)cc1.Oc1ccc(CCCc2nccc(-c3cccc(CN4CC5CC4CN5)c3)n2)cc1Cl. The first-order valence-electron chi connectivity index (χ1n) is 44.0. The second-order valence-electron chi connectivity index (χ2n) is 34.4. The molecule has 636 valence electrons. The molecule has 0 radical (unpaired) electrons. The molecule has 0 spiro atoms. The van der Waals surface area contributed by atoms with Gasteiger partial charge in [0.2, 0.25) is 0 Å². The number of phenols is 2. The highest BCUT2D eigenvalue weighted by Gasteiger charge is 2.39. The summed E-state index contributed by atoms with van der Waals surface area (Å²) in [6, 6.07) is 71.1. The Labute approximate surface area is 726 Å². The van der Waals surface area contributed by atoms with E-state index in [1.807, 2.05) is 73.2 Å². The Balaban J connectivity index is 0.000000121. The molecule has 123 heavy (non-hydrogen) atoms. The second-order valence-corrected chi connectivity index (χ2v) is 34.9. The third-order valence-corrected chi connectivity index (χ3v) is 24.9. The molecule has 7 saturated heterocycles. The van der Waals surface area contributed by atoms with Gasteiger partial charge in [-0.25, -0.2) is 53.0 Å². The molecule has 8 aromatic carbocycles. The average Bonchev–Trinajstić information content (AvgIpc) is 1.70. The van der Waals surface area contributed by atoms with Crippen LogP contribution in [0.2, 0.25) is 5.02 Å². The highest BCUT2D eigenvalue weighted by atomic mass is 35.5. The van der Waals surface area contributed by atoms with E-state index < -0.39 is 11.6 Å². The normalized spacial score (nSPS) is 20.2. The molecule has 4 aromatic heterocycles. The minimum Gasteiger partial charge on any atom is -0.508 e. The predicted octanol–water partition coefficient (Wildman–Crippen LogP) is 16.6. The number of aromatic nitrogens is 8. The van der Waals surface area contributed by atoms with Gasteiger partial charge in [0, 0.05) is 206 Å². The average molecular weight is 1670 g/mol. The summed E-state index contributed by atoms with van der Waals surface area (Å²) in [6.45, 7) is 17.3. The second kappa shape index (κ2) is 41.7. The van der Waals surface area contributed by atoms with E-state index in [2.05, 4.69) is 172 Å². The number of piperazine rings is 4. The zero-order valence-corrected chi connectivity index (χ0v) is 71.2. The topological polar surface area (TPSA) is 205 Å². The van der Waals surface area contributed by atoms with Crippen LogP contribution in [0.25, 0.3) is 45.0 Å². The van der Waals surface area contributed by atoms with Crippen LogP contribution in [0.1, 0.15) is 127 Å². The number of aromatic hydroxyl groups is 2. The Bertz CT molecular complexity index is 5470. The van der Waals surface area contributed by atoms with Crippen LogP contribution in [0.15, 0.2) is 231 Å². The Morgan fingerprint density at radius 2 is 0.699 bits per heavy atom. The Morgan fingerprint density at radius 1 is 0.350 bits per heavy atom. The van der Waals surface area contributed by atoms with E-state index in [1.165, 1.54) is 65.3 Å². The smallest absolute Gasteiger partial charge is 0.134 e. The van der Waals surface area contributed by atoms with Crippen LogP contribution >= 0.6 is 11.6 Å². The molecular weight excluding hydrogens is 1560 g/mol. The standard InChI is InChI=1S/C26H30F2N4.C25H27ClN4O.C25H27FN4.C25H28N4O/c1-18-15-32(16-19(2)30-18)17-21-6-3-7-22(11-21)25-9-10-29-26(31-25)8-4-5-20-12-23(27)14-24(28)13-20;26-22-12-17(7-8-24(22)31)3-2-6-25-27-10-9-23(29-25)19-5-1-4-18(11-19)15-30-16-20-13-21(30)14-28-20;26-21-8-2-4-18(13-21)5-3-9-25-27-11-10-24(29-25)20-7-1-6-19(12-20)16-30-17-22-14-23(30)15-28-22;30-23-9-7-18(8-10-23)3-2-6-25-26-12-11-24(28-25)20-5-1-4-19(13-20)16-29-17-21-14-22(29)15-27-21/h3,6-7,9-14,18-19,30H,4-5,8,15-17H2,1-2H3;1,4-5,7-12,20-21,28,31H,2-3,6,13-16H2;1-2,4,6-8,10-13,22-23,28H,3,5,9,14-17H2;1,4-5,7-13,21-22,27,30H,2-3,6,14-17H2. The Morgan fingerprint density at radius 3 is 1.07 bits per heavy atom. The van der Waals surface area contributed by atoms with Gasteiger partial charge in [-0.15, -0.1) is 0 Å². The van der Waals surface area contributed by atoms with Crippen LogP contribution in [-0.2, 0) is 77.5 Å². The molecule has 8 atom stereocenters. The van der Waals surface area contributed by atoms with Crippen molar-refractivity contribution in [3.63, 3.8) is 0 Å². The maximum atomic E-state index is 13.4. The molecule has 12 aromatic rings. The fraction of sp³-hybridized carbons (Fsp3) is 0.366. The summed E-state index contributed by atoms with van der Waals surface area (Å²) in [5.74, 6) is 2.51. The highest BCUT2D eigenvalue weighted by Crippen LogP contribution is 2.33. The zero-order valence-electron chi connectivity index (χ0n) is 70.4. The fourth-order valence-corrected chi connectivity index (χ4v) is 18.9. The van der Waals surface area contributed by atoms with Gasteiger partial charge in [0.1, 0.15) is 52.2 Å². The summed E-state index contributed by atoms with van der Waals surface area (Å²) >= 11 is 6.00. The van der Waals surface area contributed by atoms with E-state index in [9.17, 15) is 23.4 Å². The first-order valence-corrected chi connectivity index (χ1v) is 44.4. The number of hydrogen-bond acceptors (Lipinski definition) is 18. The van der Waals surface area contributed by atoms with Crippen LogP contribution in [0, 0.1) is 17.5 Å². The summed E-state index contributed by atoms with van der Waals surface area (Å²) in [4.78, 5) is 47.2.